The summed E-state index contributed by atoms with van der Waals surface area (Å²) >= 11 is 12.2. The standard InChI is InChI=1S/C18H19Cl2N/c1-3-17(13-7-5-9-15(19)11-13)21-18(4-2)14-8-6-10-16(20)12-14/h5-12,17H,3-4H2,1-2H3. The molecule has 1 unspecified atom stereocenters. The second-order valence-corrected chi connectivity index (χ2v) is 5.79. The average Bonchev–Trinajstić information content (AvgIpc) is 2.48. The molecule has 0 heterocycles. The summed E-state index contributed by atoms with van der Waals surface area (Å²) < 4.78 is 0. The third kappa shape index (κ3) is 4.33. The number of hydrogen-bond acceptors (Lipinski definition) is 1. The van der Waals surface area contributed by atoms with Gasteiger partial charge in [0, 0.05) is 15.8 Å². The molecule has 21 heavy (non-hydrogen) atoms. The van der Waals surface area contributed by atoms with Gasteiger partial charge in [0.05, 0.1) is 6.04 Å². The zero-order chi connectivity index (χ0) is 15.2. The highest BCUT2D eigenvalue weighted by Crippen LogP contribution is 2.25. The van der Waals surface area contributed by atoms with E-state index in [9.17, 15) is 0 Å². The van der Waals surface area contributed by atoms with Crippen molar-refractivity contribution >= 4 is 28.9 Å². The summed E-state index contributed by atoms with van der Waals surface area (Å²) in [6.07, 6.45) is 1.81. The second kappa shape index (κ2) is 7.63. The molecule has 0 aliphatic heterocycles. The molecule has 0 saturated carbocycles. The Balaban J connectivity index is 2.37. The fourth-order valence-electron chi connectivity index (χ4n) is 2.34. The van der Waals surface area contributed by atoms with Gasteiger partial charge in [-0.05, 0) is 48.2 Å². The van der Waals surface area contributed by atoms with Gasteiger partial charge in [-0.2, -0.15) is 0 Å². The number of aliphatic imine (C=N–C) groups is 1. The summed E-state index contributed by atoms with van der Waals surface area (Å²) in [4.78, 5) is 4.94. The van der Waals surface area contributed by atoms with E-state index in [2.05, 4.69) is 26.0 Å². The van der Waals surface area contributed by atoms with Crippen LogP contribution >= 0.6 is 23.2 Å². The van der Waals surface area contributed by atoms with Crippen LogP contribution in [0.15, 0.2) is 53.5 Å². The Hall–Kier alpha value is -1.31. The molecule has 0 aliphatic carbocycles. The maximum atomic E-state index is 6.09. The lowest BCUT2D eigenvalue weighted by Gasteiger charge is -2.14. The normalized spacial score (nSPS) is 13.2. The number of hydrogen-bond donors (Lipinski definition) is 0. The highest BCUT2D eigenvalue weighted by molar-refractivity contribution is 6.31. The lowest BCUT2D eigenvalue weighted by atomic mass is 10.0. The monoisotopic (exact) mass is 319 g/mol. The van der Waals surface area contributed by atoms with E-state index < -0.39 is 0 Å². The van der Waals surface area contributed by atoms with Gasteiger partial charge < -0.3 is 0 Å². The predicted molar refractivity (Wildman–Crippen MR) is 92.8 cm³/mol. The third-order valence-electron chi connectivity index (χ3n) is 3.42. The minimum absolute atomic E-state index is 0.123. The van der Waals surface area contributed by atoms with E-state index in [1.54, 1.807) is 0 Å². The van der Waals surface area contributed by atoms with Crippen molar-refractivity contribution in [1.29, 1.82) is 0 Å². The van der Waals surface area contributed by atoms with Crippen LogP contribution in [0.3, 0.4) is 0 Å². The van der Waals surface area contributed by atoms with Crippen LogP contribution in [0, 0.1) is 0 Å². The molecule has 0 saturated heterocycles. The van der Waals surface area contributed by atoms with Gasteiger partial charge in [-0.3, -0.25) is 4.99 Å². The van der Waals surface area contributed by atoms with Gasteiger partial charge in [-0.25, -0.2) is 0 Å². The van der Waals surface area contributed by atoms with Gasteiger partial charge in [-0.1, -0.05) is 61.3 Å². The summed E-state index contributed by atoms with van der Waals surface area (Å²) in [5, 5.41) is 1.49. The van der Waals surface area contributed by atoms with E-state index in [1.807, 2.05) is 36.4 Å². The Morgan fingerprint density at radius 2 is 1.67 bits per heavy atom. The molecule has 0 amide bonds. The fraction of sp³-hybridized carbons (Fsp3) is 0.278. The van der Waals surface area contributed by atoms with Crippen molar-refractivity contribution in [2.45, 2.75) is 32.7 Å². The molecule has 0 radical (unpaired) electrons. The van der Waals surface area contributed by atoms with Crippen molar-refractivity contribution in [1.82, 2.24) is 0 Å². The summed E-state index contributed by atoms with van der Waals surface area (Å²) in [5.41, 5.74) is 3.31. The Labute approximate surface area is 136 Å². The zero-order valence-corrected chi connectivity index (χ0v) is 13.8. The molecule has 0 N–H and O–H groups in total. The van der Waals surface area contributed by atoms with Gasteiger partial charge >= 0.3 is 0 Å². The molecule has 2 rings (SSSR count). The van der Waals surface area contributed by atoms with Gasteiger partial charge in [0.2, 0.25) is 0 Å². The molecule has 2 aromatic carbocycles. The average molecular weight is 320 g/mol. The molecule has 1 atom stereocenters. The molecule has 0 bridgehead atoms. The van der Waals surface area contributed by atoms with Gasteiger partial charge in [0.15, 0.2) is 0 Å². The summed E-state index contributed by atoms with van der Waals surface area (Å²) in [5.74, 6) is 0. The van der Waals surface area contributed by atoms with Crippen LogP contribution in [0.5, 0.6) is 0 Å². The summed E-state index contributed by atoms with van der Waals surface area (Å²) in [7, 11) is 0. The zero-order valence-electron chi connectivity index (χ0n) is 12.3. The van der Waals surface area contributed by atoms with E-state index in [0.717, 1.165) is 39.7 Å². The van der Waals surface area contributed by atoms with E-state index in [4.69, 9.17) is 28.2 Å². The number of nitrogens with zero attached hydrogens (tertiary/aromatic N) is 1. The Morgan fingerprint density at radius 1 is 1.00 bits per heavy atom. The molecule has 0 spiro atoms. The first-order chi connectivity index (χ1) is 10.1. The maximum Gasteiger partial charge on any atom is 0.0750 e. The van der Waals surface area contributed by atoms with Crippen LogP contribution in [-0.2, 0) is 0 Å². The van der Waals surface area contributed by atoms with Crippen LogP contribution in [0.25, 0.3) is 0 Å². The molecule has 0 fully saturated rings. The topological polar surface area (TPSA) is 12.4 Å². The fourth-order valence-corrected chi connectivity index (χ4v) is 2.73. The van der Waals surface area contributed by atoms with Gasteiger partial charge in [0.25, 0.3) is 0 Å². The molecular formula is C18H19Cl2N. The Morgan fingerprint density at radius 3 is 2.24 bits per heavy atom. The Bertz CT molecular complexity index is 635. The minimum Gasteiger partial charge on any atom is -0.281 e. The van der Waals surface area contributed by atoms with Crippen molar-refractivity contribution in [2.75, 3.05) is 0 Å². The highest BCUT2D eigenvalue weighted by atomic mass is 35.5. The van der Waals surface area contributed by atoms with Gasteiger partial charge in [0.1, 0.15) is 0 Å². The first-order valence-corrected chi connectivity index (χ1v) is 7.97. The van der Waals surface area contributed by atoms with Crippen molar-refractivity contribution < 1.29 is 0 Å². The number of halogens is 2. The van der Waals surface area contributed by atoms with E-state index in [-0.39, 0.29) is 6.04 Å². The SMILES string of the molecule is CCC(=NC(CC)c1cccc(Cl)c1)c1cccc(Cl)c1. The number of benzene rings is 2. The van der Waals surface area contributed by atoms with E-state index >= 15 is 0 Å². The summed E-state index contributed by atoms with van der Waals surface area (Å²) in [6.45, 7) is 4.25. The Kier molecular flexibility index (Phi) is 5.84. The van der Waals surface area contributed by atoms with Crippen molar-refractivity contribution in [3.63, 3.8) is 0 Å². The van der Waals surface area contributed by atoms with Crippen molar-refractivity contribution in [3.05, 3.63) is 69.7 Å². The molecule has 1 nitrogen and oxygen atoms in total. The van der Waals surface area contributed by atoms with Crippen molar-refractivity contribution in [2.24, 2.45) is 4.99 Å². The minimum atomic E-state index is 0.123. The van der Waals surface area contributed by atoms with Crippen LogP contribution in [0.1, 0.15) is 43.9 Å². The van der Waals surface area contributed by atoms with Gasteiger partial charge in [-0.15, -0.1) is 0 Å². The van der Waals surface area contributed by atoms with Crippen LogP contribution in [0.4, 0.5) is 0 Å². The van der Waals surface area contributed by atoms with E-state index in [1.165, 1.54) is 0 Å². The lowest BCUT2D eigenvalue weighted by molar-refractivity contribution is 0.699. The van der Waals surface area contributed by atoms with Crippen molar-refractivity contribution in [3.8, 4) is 0 Å². The highest BCUT2D eigenvalue weighted by Gasteiger charge is 2.10. The molecule has 0 aliphatic rings. The van der Waals surface area contributed by atoms with Crippen LogP contribution in [0.2, 0.25) is 10.0 Å². The maximum absolute atomic E-state index is 6.09. The molecule has 2 aromatic rings. The first-order valence-electron chi connectivity index (χ1n) is 7.22. The third-order valence-corrected chi connectivity index (χ3v) is 3.89. The summed E-state index contributed by atoms with van der Waals surface area (Å²) in [6, 6.07) is 15.9. The predicted octanol–water partition coefficient (Wildman–Crippen LogP) is 6.34. The molecular weight excluding hydrogens is 301 g/mol. The smallest absolute Gasteiger partial charge is 0.0750 e. The molecule has 0 aromatic heterocycles. The first kappa shape index (κ1) is 16.1. The second-order valence-electron chi connectivity index (χ2n) is 4.92. The number of rotatable bonds is 5. The van der Waals surface area contributed by atoms with E-state index in [0.29, 0.717) is 0 Å². The lowest BCUT2D eigenvalue weighted by Crippen LogP contribution is -2.04. The largest absolute Gasteiger partial charge is 0.281 e. The quantitative estimate of drug-likeness (QED) is 0.570. The van der Waals surface area contributed by atoms with Crippen LogP contribution < -0.4 is 0 Å². The molecule has 3 heteroatoms. The molecule has 110 valence electrons. The van der Waals surface area contributed by atoms with Crippen LogP contribution in [-0.4, -0.2) is 5.71 Å².